The molecule has 2 aliphatic rings. The van der Waals surface area contributed by atoms with Crippen LogP contribution >= 0.6 is 11.3 Å². The third kappa shape index (κ3) is 3.90. The molecule has 0 spiro atoms. The molecular weight excluding hydrogens is 480 g/mol. The molecule has 2 aliphatic heterocycles. The summed E-state index contributed by atoms with van der Waals surface area (Å²) >= 11 is 1.10. The van der Waals surface area contributed by atoms with Crippen LogP contribution in [0.2, 0.25) is 0 Å². The quantitative estimate of drug-likeness (QED) is 0.517. The molecule has 3 amide bonds. The number of nitrogens with zero attached hydrogens (tertiary/aromatic N) is 3. The summed E-state index contributed by atoms with van der Waals surface area (Å²) in [6.45, 7) is -0.294. The molecule has 0 radical (unpaired) electrons. The van der Waals surface area contributed by atoms with Gasteiger partial charge in [0.25, 0.3) is 17.7 Å². The van der Waals surface area contributed by atoms with Crippen LogP contribution in [0.15, 0.2) is 47.8 Å². The van der Waals surface area contributed by atoms with Crippen LogP contribution in [0.1, 0.15) is 20.7 Å². The first-order chi connectivity index (χ1) is 16.2. The van der Waals surface area contributed by atoms with E-state index in [1.54, 1.807) is 54.9 Å². The molecule has 12 heteroatoms. The molecule has 0 saturated heterocycles. The number of anilines is 2. The van der Waals surface area contributed by atoms with Crippen molar-refractivity contribution in [3.8, 4) is 17.0 Å². The topological polar surface area (TPSA) is 126 Å². The predicted molar refractivity (Wildman–Crippen MR) is 126 cm³/mol. The standard InChI is InChI=1S/C22H18N4O6S2/c1-25-17-10-13(6-7-18(17)32-11-19(25)27)16-12-33-22(23-16)24-34(30,31)9-8-26-20(28)14-4-2-3-5-15(14)21(26)29/h2-7,10,12H,8-9,11H2,1H3,(H,23,24). The lowest BCUT2D eigenvalue weighted by atomic mass is 10.1. The van der Waals surface area contributed by atoms with Gasteiger partial charge in [-0.05, 0) is 30.3 Å². The summed E-state index contributed by atoms with van der Waals surface area (Å²) in [5.41, 5.74) is 2.36. The molecule has 1 N–H and O–H groups in total. The average Bonchev–Trinajstić information content (AvgIpc) is 3.37. The van der Waals surface area contributed by atoms with Gasteiger partial charge in [-0.15, -0.1) is 11.3 Å². The largest absolute Gasteiger partial charge is 0.482 e. The van der Waals surface area contributed by atoms with Gasteiger partial charge in [0.2, 0.25) is 10.0 Å². The van der Waals surface area contributed by atoms with Crippen molar-refractivity contribution in [2.75, 3.05) is 35.6 Å². The smallest absolute Gasteiger partial charge is 0.264 e. The Morgan fingerprint density at radius 1 is 1.09 bits per heavy atom. The maximum Gasteiger partial charge on any atom is 0.264 e. The number of carbonyl (C=O) groups is 3. The molecule has 0 unspecified atom stereocenters. The number of likely N-dealkylation sites (N-methyl/N-ethyl adjacent to an activating group) is 1. The van der Waals surface area contributed by atoms with Crippen molar-refractivity contribution in [3.63, 3.8) is 0 Å². The number of ether oxygens (including phenoxy) is 1. The summed E-state index contributed by atoms with van der Waals surface area (Å²) in [4.78, 5) is 43.5. The first-order valence-electron chi connectivity index (χ1n) is 10.2. The molecule has 3 aromatic rings. The van der Waals surface area contributed by atoms with Crippen molar-refractivity contribution in [2.45, 2.75) is 0 Å². The van der Waals surface area contributed by atoms with E-state index in [0.717, 1.165) is 16.2 Å². The number of benzene rings is 2. The number of sulfonamides is 1. The van der Waals surface area contributed by atoms with Crippen LogP contribution in [0.25, 0.3) is 11.3 Å². The lowest BCUT2D eigenvalue weighted by Crippen LogP contribution is -2.35. The van der Waals surface area contributed by atoms with Crippen LogP contribution in [-0.4, -0.2) is 62.0 Å². The van der Waals surface area contributed by atoms with E-state index in [-0.39, 0.29) is 35.3 Å². The maximum atomic E-state index is 12.6. The van der Waals surface area contributed by atoms with E-state index in [4.69, 9.17) is 4.74 Å². The normalized spacial score (nSPS) is 15.3. The van der Waals surface area contributed by atoms with E-state index in [1.807, 2.05) is 0 Å². The molecule has 174 valence electrons. The molecule has 3 heterocycles. The van der Waals surface area contributed by atoms with E-state index in [2.05, 4.69) is 9.71 Å². The molecule has 0 atom stereocenters. The lowest BCUT2D eigenvalue weighted by molar-refractivity contribution is -0.120. The summed E-state index contributed by atoms with van der Waals surface area (Å²) < 4.78 is 33.0. The molecule has 0 bridgehead atoms. The number of aromatic nitrogens is 1. The Morgan fingerprint density at radius 2 is 1.79 bits per heavy atom. The summed E-state index contributed by atoms with van der Waals surface area (Å²) in [7, 11) is -2.22. The molecule has 0 aliphatic carbocycles. The van der Waals surface area contributed by atoms with Gasteiger partial charge in [0.15, 0.2) is 11.7 Å². The van der Waals surface area contributed by atoms with Gasteiger partial charge in [-0.1, -0.05) is 12.1 Å². The van der Waals surface area contributed by atoms with Crippen LogP contribution in [0, 0.1) is 0 Å². The van der Waals surface area contributed by atoms with E-state index in [0.29, 0.717) is 22.7 Å². The SMILES string of the molecule is CN1C(=O)COc2ccc(-c3csc(NS(=O)(=O)CCN4C(=O)c5ccccc5C4=O)n3)cc21. The Kier molecular flexibility index (Phi) is 5.33. The fraction of sp³-hybridized carbons (Fsp3) is 0.182. The zero-order valence-electron chi connectivity index (χ0n) is 17.8. The van der Waals surface area contributed by atoms with Gasteiger partial charge in [0, 0.05) is 24.5 Å². The highest BCUT2D eigenvalue weighted by Gasteiger charge is 2.35. The number of fused-ring (bicyclic) bond motifs is 2. The Balaban J connectivity index is 1.27. The van der Waals surface area contributed by atoms with Crippen molar-refractivity contribution in [1.29, 1.82) is 0 Å². The van der Waals surface area contributed by atoms with Gasteiger partial charge in [-0.25, -0.2) is 13.4 Å². The molecule has 34 heavy (non-hydrogen) atoms. The van der Waals surface area contributed by atoms with Gasteiger partial charge >= 0.3 is 0 Å². The second-order valence-electron chi connectivity index (χ2n) is 7.69. The Bertz CT molecular complexity index is 1410. The van der Waals surface area contributed by atoms with E-state index in [9.17, 15) is 22.8 Å². The van der Waals surface area contributed by atoms with Gasteiger partial charge in [-0.2, -0.15) is 0 Å². The number of amides is 3. The fourth-order valence-electron chi connectivity index (χ4n) is 3.72. The summed E-state index contributed by atoms with van der Waals surface area (Å²) in [6, 6.07) is 11.6. The monoisotopic (exact) mass is 498 g/mol. The maximum absolute atomic E-state index is 12.6. The van der Waals surface area contributed by atoms with Crippen LogP contribution in [0.4, 0.5) is 10.8 Å². The summed E-state index contributed by atoms with van der Waals surface area (Å²) in [5, 5.41) is 1.84. The van der Waals surface area contributed by atoms with Gasteiger partial charge in [0.05, 0.1) is 28.3 Å². The minimum atomic E-state index is -3.88. The Hall–Kier alpha value is -3.77. The number of carbonyl (C=O) groups excluding carboxylic acids is 3. The molecule has 10 nitrogen and oxygen atoms in total. The van der Waals surface area contributed by atoms with E-state index in [1.165, 1.54) is 4.90 Å². The fourth-order valence-corrected chi connectivity index (χ4v) is 5.70. The second-order valence-corrected chi connectivity index (χ2v) is 10.4. The van der Waals surface area contributed by atoms with Gasteiger partial charge < -0.3 is 9.64 Å². The van der Waals surface area contributed by atoms with Crippen molar-refractivity contribution in [2.24, 2.45) is 0 Å². The molecule has 0 fully saturated rings. The Morgan fingerprint density at radius 3 is 2.50 bits per heavy atom. The van der Waals surface area contributed by atoms with Crippen molar-refractivity contribution in [1.82, 2.24) is 9.88 Å². The van der Waals surface area contributed by atoms with Gasteiger partial charge in [-0.3, -0.25) is 24.0 Å². The van der Waals surface area contributed by atoms with Crippen LogP contribution in [-0.2, 0) is 14.8 Å². The third-order valence-corrected chi connectivity index (χ3v) is 7.66. The zero-order valence-corrected chi connectivity index (χ0v) is 19.5. The van der Waals surface area contributed by atoms with Crippen molar-refractivity contribution < 1.29 is 27.5 Å². The Labute approximate surface area is 198 Å². The van der Waals surface area contributed by atoms with E-state index < -0.39 is 27.6 Å². The van der Waals surface area contributed by atoms with Crippen LogP contribution < -0.4 is 14.4 Å². The summed E-state index contributed by atoms with van der Waals surface area (Å²) in [6.07, 6.45) is 0. The average molecular weight is 499 g/mol. The molecule has 0 saturated carbocycles. The van der Waals surface area contributed by atoms with Crippen LogP contribution in [0.5, 0.6) is 5.75 Å². The number of imide groups is 1. The van der Waals surface area contributed by atoms with Crippen molar-refractivity contribution in [3.05, 3.63) is 59.0 Å². The molecule has 1 aromatic heterocycles. The van der Waals surface area contributed by atoms with Crippen molar-refractivity contribution >= 4 is 49.9 Å². The first kappa shape index (κ1) is 22.0. The lowest BCUT2D eigenvalue weighted by Gasteiger charge is -2.26. The molecule has 5 rings (SSSR count). The minimum Gasteiger partial charge on any atom is -0.482 e. The molecule has 2 aromatic carbocycles. The van der Waals surface area contributed by atoms with Gasteiger partial charge in [0.1, 0.15) is 5.75 Å². The highest BCUT2D eigenvalue weighted by Crippen LogP contribution is 2.36. The number of nitrogens with one attached hydrogen (secondary N) is 1. The number of hydrogen-bond donors (Lipinski definition) is 1. The summed E-state index contributed by atoms with van der Waals surface area (Å²) in [5.74, 6) is -1.07. The number of rotatable bonds is 6. The third-order valence-electron chi connectivity index (χ3n) is 5.55. The minimum absolute atomic E-state index is 0.0216. The number of hydrogen-bond acceptors (Lipinski definition) is 8. The number of thiazole rings is 1. The highest BCUT2D eigenvalue weighted by atomic mass is 32.2. The second kappa shape index (κ2) is 8.22. The highest BCUT2D eigenvalue weighted by molar-refractivity contribution is 7.92. The van der Waals surface area contributed by atoms with Crippen LogP contribution in [0.3, 0.4) is 0 Å². The van der Waals surface area contributed by atoms with E-state index >= 15 is 0 Å². The molecular formula is C22H18N4O6S2. The predicted octanol–water partition coefficient (Wildman–Crippen LogP) is 2.20. The zero-order chi connectivity index (χ0) is 24.0. The first-order valence-corrected chi connectivity index (χ1v) is 12.7.